The first-order chi connectivity index (χ1) is 7.98. The third-order valence-corrected chi connectivity index (χ3v) is 3.92. The van der Waals surface area contributed by atoms with Gasteiger partial charge in [-0.2, -0.15) is 0 Å². The zero-order valence-electron chi connectivity index (χ0n) is 10.8. The van der Waals surface area contributed by atoms with Crippen molar-refractivity contribution in [2.24, 2.45) is 5.73 Å². The molecule has 3 N–H and O–H groups in total. The molecule has 17 heavy (non-hydrogen) atoms. The molecule has 0 amide bonds. The second kappa shape index (κ2) is 4.67. The Kier molecular flexibility index (Phi) is 3.40. The molecule has 0 radical (unpaired) electrons. The van der Waals surface area contributed by atoms with Gasteiger partial charge in [0.2, 0.25) is 0 Å². The second-order valence-corrected chi connectivity index (χ2v) is 5.68. The zero-order valence-corrected chi connectivity index (χ0v) is 10.8. The lowest BCUT2D eigenvalue weighted by Crippen LogP contribution is -2.51. The van der Waals surface area contributed by atoms with Crippen LogP contribution in [0.1, 0.15) is 24.0 Å². The van der Waals surface area contributed by atoms with E-state index in [4.69, 9.17) is 5.73 Å². The van der Waals surface area contributed by atoms with Crippen LogP contribution in [0.4, 0.5) is 0 Å². The zero-order chi connectivity index (χ0) is 12.5. The summed E-state index contributed by atoms with van der Waals surface area (Å²) in [5.74, 6) is 0.405. The SMILES string of the molecule is Cc1ccc(C[N+]2(C)CCC(N)CC2)cc1O. The van der Waals surface area contributed by atoms with Gasteiger partial charge in [0.1, 0.15) is 12.3 Å². The Morgan fingerprint density at radius 2 is 2.00 bits per heavy atom. The van der Waals surface area contributed by atoms with Gasteiger partial charge in [-0.25, -0.2) is 0 Å². The summed E-state index contributed by atoms with van der Waals surface area (Å²) in [5.41, 5.74) is 8.10. The van der Waals surface area contributed by atoms with Crippen molar-refractivity contribution in [1.29, 1.82) is 0 Å². The minimum absolute atomic E-state index is 0.382. The minimum atomic E-state index is 0.382. The Morgan fingerprint density at radius 1 is 1.35 bits per heavy atom. The molecule has 1 fully saturated rings. The number of phenolic OH excluding ortho intramolecular Hbond substituents is 1. The van der Waals surface area contributed by atoms with Gasteiger partial charge < -0.3 is 15.3 Å². The third-order valence-electron chi connectivity index (χ3n) is 3.92. The van der Waals surface area contributed by atoms with Gasteiger partial charge in [0.15, 0.2) is 0 Å². The van der Waals surface area contributed by atoms with Gasteiger partial charge in [-0.3, -0.25) is 0 Å². The summed E-state index contributed by atoms with van der Waals surface area (Å²) in [6, 6.07) is 6.39. The molecule has 1 aliphatic heterocycles. The molecule has 0 aliphatic carbocycles. The van der Waals surface area contributed by atoms with Crippen molar-refractivity contribution >= 4 is 0 Å². The highest BCUT2D eigenvalue weighted by Crippen LogP contribution is 2.23. The fourth-order valence-corrected chi connectivity index (χ4v) is 2.56. The van der Waals surface area contributed by atoms with Crippen LogP contribution in [0.3, 0.4) is 0 Å². The van der Waals surface area contributed by atoms with E-state index in [-0.39, 0.29) is 0 Å². The van der Waals surface area contributed by atoms with Crippen molar-refractivity contribution in [3.8, 4) is 5.75 Å². The second-order valence-electron chi connectivity index (χ2n) is 5.68. The Labute approximate surface area is 103 Å². The number of aryl methyl sites for hydroxylation is 1. The van der Waals surface area contributed by atoms with Crippen LogP contribution in [0.2, 0.25) is 0 Å². The molecular weight excluding hydrogens is 212 g/mol. The maximum absolute atomic E-state index is 9.73. The Morgan fingerprint density at radius 3 is 2.59 bits per heavy atom. The lowest BCUT2D eigenvalue weighted by atomic mass is 10.0. The summed E-state index contributed by atoms with van der Waals surface area (Å²) < 4.78 is 1.04. The summed E-state index contributed by atoms with van der Waals surface area (Å²) in [7, 11) is 2.28. The van der Waals surface area contributed by atoms with Crippen molar-refractivity contribution in [1.82, 2.24) is 0 Å². The van der Waals surface area contributed by atoms with Crippen LogP contribution in [0.5, 0.6) is 5.75 Å². The summed E-state index contributed by atoms with van der Waals surface area (Å²) in [5, 5.41) is 9.73. The largest absolute Gasteiger partial charge is 0.508 e. The highest BCUT2D eigenvalue weighted by Gasteiger charge is 2.28. The molecule has 3 nitrogen and oxygen atoms in total. The lowest BCUT2D eigenvalue weighted by molar-refractivity contribution is -0.927. The number of hydrogen-bond donors (Lipinski definition) is 2. The first-order valence-electron chi connectivity index (χ1n) is 6.36. The molecule has 0 bridgehead atoms. The molecule has 0 spiro atoms. The number of piperidine rings is 1. The van der Waals surface area contributed by atoms with E-state index in [9.17, 15) is 5.11 Å². The van der Waals surface area contributed by atoms with E-state index in [0.717, 1.165) is 42.5 Å². The van der Waals surface area contributed by atoms with Gasteiger partial charge in [-0.05, 0) is 18.6 Å². The number of nitrogens with zero attached hydrogens (tertiary/aromatic N) is 1. The normalized spacial score (nSPS) is 29.2. The topological polar surface area (TPSA) is 46.2 Å². The van der Waals surface area contributed by atoms with E-state index in [1.54, 1.807) is 0 Å². The fourth-order valence-electron chi connectivity index (χ4n) is 2.56. The Hall–Kier alpha value is -1.06. The van der Waals surface area contributed by atoms with Gasteiger partial charge in [0, 0.05) is 24.4 Å². The van der Waals surface area contributed by atoms with E-state index >= 15 is 0 Å². The van der Waals surface area contributed by atoms with Crippen molar-refractivity contribution < 1.29 is 9.59 Å². The molecule has 0 atom stereocenters. The molecule has 1 aliphatic rings. The van der Waals surface area contributed by atoms with Gasteiger partial charge in [0.05, 0.1) is 20.1 Å². The first kappa shape index (κ1) is 12.4. The van der Waals surface area contributed by atoms with Crippen LogP contribution >= 0.6 is 0 Å². The standard InChI is InChI=1S/C14H22N2O/c1-11-3-4-12(9-14(11)17)10-16(2)7-5-13(15)6-8-16/h3-4,9,13H,5-8,10,15H2,1-2H3/p+1. The maximum Gasteiger partial charge on any atom is 0.118 e. The molecule has 3 heteroatoms. The van der Waals surface area contributed by atoms with Crippen molar-refractivity contribution in [2.45, 2.75) is 32.4 Å². The first-order valence-corrected chi connectivity index (χ1v) is 6.36. The van der Waals surface area contributed by atoms with Gasteiger partial charge in [-0.1, -0.05) is 12.1 Å². The maximum atomic E-state index is 9.73. The van der Waals surface area contributed by atoms with Crippen molar-refractivity contribution in [2.75, 3.05) is 20.1 Å². The fraction of sp³-hybridized carbons (Fsp3) is 0.571. The number of nitrogens with two attached hydrogens (primary N) is 1. The number of phenols is 1. The van der Waals surface area contributed by atoms with Gasteiger partial charge in [-0.15, -0.1) is 0 Å². The molecule has 0 saturated carbocycles. The Balaban J connectivity index is 2.07. The number of hydrogen-bond acceptors (Lipinski definition) is 2. The molecule has 0 aromatic heterocycles. The average molecular weight is 235 g/mol. The van der Waals surface area contributed by atoms with Crippen LogP contribution in [-0.4, -0.2) is 35.8 Å². The average Bonchev–Trinajstić information content (AvgIpc) is 2.28. The summed E-state index contributed by atoms with van der Waals surface area (Å²) >= 11 is 0. The molecule has 94 valence electrons. The van der Waals surface area contributed by atoms with Gasteiger partial charge in [0.25, 0.3) is 0 Å². The Bertz CT molecular complexity index is 395. The number of rotatable bonds is 2. The number of aromatic hydroxyl groups is 1. The highest BCUT2D eigenvalue weighted by atomic mass is 16.3. The number of quaternary nitrogens is 1. The van der Waals surface area contributed by atoms with Crippen molar-refractivity contribution in [3.63, 3.8) is 0 Å². The highest BCUT2D eigenvalue weighted by molar-refractivity contribution is 5.34. The third kappa shape index (κ3) is 2.99. The molecule has 1 aromatic rings. The molecule has 1 heterocycles. The summed E-state index contributed by atoms with van der Waals surface area (Å²) in [6.07, 6.45) is 2.21. The van der Waals surface area contributed by atoms with Crippen LogP contribution in [0.15, 0.2) is 18.2 Å². The molecule has 0 unspecified atom stereocenters. The molecule has 1 aromatic carbocycles. The van der Waals surface area contributed by atoms with E-state index < -0.39 is 0 Å². The predicted octanol–water partition coefficient (Wildman–Crippen LogP) is 1.77. The smallest absolute Gasteiger partial charge is 0.118 e. The quantitative estimate of drug-likeness (QED) is 0.767. The van der Waals surface area contributed by atoms with Gasteiger partial charge >= 0.3 is 0 Å². The van der Waals surface area contributed by atoms with E-state index in [1.807, 2.05) is 19.1 Å². The summed E-state index contributed by atoms with van der Waals surface area (Å²) in [6.45, 7) is 5.18. The lowest BCUT2D eigenvalue weighted by Gasteiger charge is -2.39. The van der Waals surface area contributed by atoms with E-state index in [2.05, 4.69) is 13.1 Å². The molecule has 1 saturated heterocycles. The monoisotopic (exact) mass is 235 g/mol. The van der Waals surface area contributed by atoms with Crippen molar-refractivity contribution in [3.05, 3.63) is 29.3 Å². The van der Waals surface area contributed by atoms with Crippen LogP contribution in [0.25, 0.3) is 0 Å². The predicted molar refractivity (Wildman–Crippen MR) is 69.7 cm³/mol. The number of likely N-dealkylation sites (tertiary alicyclic amines) is 1. The van der Waals surface area contributed by atoms with Crippen LogP contribution < -0.4 is 5.73 Å². The summed E-state index contributed by atoms with van der Waals surface area (Å²) in [4.78, 5) is 0. The number of benzene rings is 1. The molecule has 2 rings (SSSR count). The molecular formula is C14H23N2O+. The van der Waals surface area contributed by atoms with Crippen LogP contribution in [0, 0.1) is 6.92 Å². The van der Waals surface area contributed by atoms with E-state index in [0.29, 0.717) is 11.8 Å². The van der Waals surface area contributed by atoms with Crippen LogP contribution in [-0.2, 0) is 6.54 Å². The van der Waals surface area contributed by atoms with E-state index in [1.165, 1.54) is 5.56 Å². The minimum Gasteiger partial charge on any atom is -0.508 e.